The van der Waals surface area contributed by atoms with Crippen LogP contribution >= 0.6 is 0 Å². The number of carbonyl (C=O) groups excluding carboxylic acids is 1. The zero-order valence-electron chi connectivity index (χ0n) is 20.5. The van der Waals surface area contributed by atoms with Gasteiger partial charge in [0, 0.05) is 55.7 Å². The molecule has 0 aliphatic carbocycles. The highest BCUT2D eigenvalue weighted by molar-refractivity contribution is 5.94. The van der Waals surface area contributed by atoms with E-state index >= 15 is 0 Å². The molecule has 186 valence electrons. The number of amides is 1. The van der Waals surface area contributed by atoms with E-state index in [0.29, 0.717) is 23.7 Å². The van der Waals surface area contributed by atoms with Crippen LogP contribution in [0.4, 0.5) is 14.7 Å². The molecule has 1 aliphatic rings. The van der Waals surface area contributed by atoms with Crippen molar-refractivity contribution in [1.29, 1.82) is 0 Å². The zero-order valence-corrected chi connectivity index (χ0v) is 20.5. The number of piperidine rings is 1. The number of rotatable bonds is 5. The van der Waals surface area contributed by atoms with Crippen LogP contribution in [0.3, 0.4) is 0 Å². The summed E-state index contributed by atoms with van der Waals surface area (Å²) in [5.41, 5.74) is 1.75. The average Bonchev–Trinajstić information content (AvgIpc) is 2.80. The molecule has 1 N–H and O–H groups in total. The highest BCUT2D eigenvalue weighted by Crippen LogP contribution is 2.28. The first-order valence-corrected chi connectivity index (χ1v) is 11.8. The van der Waals surface area contributed by atoms with Crippen molar-refractivity contribution in [3.8, 4) is 0 Å². The third-order valence-corrected chi connectivity index (χ3v) is 6.14. The van der Waals surface area contributed by atoms with E-state index in [0.717, 1.165) is 10.9 Å². The summed E-state index contributed by atoms with van der Waals surface area (Å²) in [6.07, 6.45) is 1.10. The first-order valence-electron chi connectivity index (χ1n) is 11.8. The number of hydrogen-bond acceptors (Lipinski definition) is 5. The van der Waals surface area contributed by atoms with Crippen LogP contribution < -0.4 is 10.9 Å². The predicted octanol–water partition coefficient (Wildman–Crippen LogP) is 4.88. The van der Waals surface area contributed by atoms with E-state index in [4.69, 9.17) is 0 Å². The standard InChI is InChI=1S/C26H31F2N5O2/c1-17(18-5-7-19(8-6-18)23(35)32-13-11-26(27,28)12-14-32)30-24-29-15-20-9-10-21(34)33(22(20)31-24)16-25(2,3)4/h5-10,15,17H,11-14,16H2,1-4H3,(H,29,30,31). The summed E-state index contributed by atoms with van der Waals surface area (Å²) in [7, 11) is 0. The maximum Gasteiger partial charge on any atom is 0.253 e. The van der Waals surface area contributed by atoms with Crippen molar-refractivity contribution in [3.63, 3.8) is 0 Å². The number of nitrogens with zero attached hydrogens (tertiary/aromatic N) is 4. The number of benzene rings is 1. The maximum absolute atomic E-state index is 13.4. The first kappa shape index (κ1) is 24.8. The Bertz CT molecular complexity index is 1270. The average molecular weight is 484 g/mol. The van der Waals surface area contributed by atoms with Crippen LogP contribution in [-0.4, -0.2) is 44.4 Å². The monoisotopic (exact) mass is 483 g/mol. The second-order valence-electron chi connectivity index (χ2n) is 10.4. The van der Waals surface area contributed by atoms with Gasteiger partial charge in [0.15, 0.2) is 0 Å². The number of hydrogen-bond donors (Lipinski definition) is 1. The highest BCUT2D eigenvalue weighted by atomic mass is 19.3. The number of alkyl halides is 2. The molecule has 7 nitrogen and oxygen atoms in total. The molecule has 4 rings (SSSR count). The van der Waals surface area contributed by atoms with Crippen molar-refractivity contribution < 1.29 is 13.6 Å². The number of nitrogens with one attached hydrogen (secondary N) is 1. The summed E-state index contributed by atoms with van der Waals surface area (Å²) in [5.74, 6) is -2.52. The summed E-state index contributed by atoms with van der Waals surface area (Å²) >= 11 is 0. The fraction of sp³-hybridized carbons (Fsp3) is 0.462. The Hall–Kier alpha value is -3.36. The number of halogens is 2. The molecule has 3 aromatic rings. The van der Waals surface area contributed by atoms with Crippen LogP contribution in [0.5, 0.6) is 0 Å². The molecule has 0 spiro atoms. The van der Waals surface area contributed by atoms with Crippen molar-refractivity contribution in [2.75, 3.05) is 18.4 Å². The van der Waals surface area contributed by atoms with Crippen molar-refractivity contribution in [2.45, 2.75) is 59.0 Å². The lowest BCUT2D eigenvalue weighted by Crippen LogP contribution is -2.42. The molecule has 0 radical (unpaired) electrons. The first-order chi connectivity index (χ1) is 16.4. The Labute approximate surface area is 203 Å². The molecule has 2 aromatic heterocycles. The SMILES string of the molecule is CC(Nc1ncc2ccc(=O)n(CC(C)(C)C)c2n1)c1ccc(C(=O)N2CCC(F)(F)CC2)cc1. The van der Waals surface area contributed by atoms with Crippen LogP contribution in [-0.2, 0) is 6.54 Å². The van der Waals surface area contributed by atoms with Gasteiger partial charge in [0.25, 0.3) is 17.4 Å². The van der Waals surface area contributed by atoms with Crippen molar-refractivity contribution >= 4 is 22.9 Å². The zero-order chi connectivity index (χ0) is 25.4. The normalized spacial score (nSPS) is 16.8. The fourth-order valence-corrected chi connectivity index (χ4v) is 4.18. The van der Waals surface area contributed by atoms with E-state index in [1.165, 1.54) is 11.0 Å². The van der Waals surface area contributed by atoms with Gasteiger partial charge in [-0.3, -0.25) is 14.2 Å². The molecular formula is C26H31F2N5O2. The van der Waals surface area contributed by atoms with Gasteiger partial charge in [0.2, 0.25) is 5.95 Å². The number of carbonyl (C=O) groups is 1. The lowest BCUT2D eigenvalue weighted by Gasteiger charge is -2.31. The van der Waals surface area contributed by atoms with Gasteiger partial charge in [-0.1, -0.05) is 32.9 Å². The molecule has 1 atom stereocenters. The summed E-state index contributed by atoms with van der Waals surface area (Å²) < 4.78 is 28.5. The summed E-state index contributed by atoms with van der Waals surface area (Å²) in [6, 6.07) is 10.2. The second-order valence-corrected chi connectivity index (χ2v) is 10.4. The molecule has 1 saturated heterocycles. The minimum atomic E-state index is -2.69. The van der Waals surface area contributed by atoms with E-state index in [1.807, 2.05) is 19.1 Å². The molecule has 1 fully saturated rings. The third kappa shape index (κ3) is 5.83. The van der Waals surface area contributed by atoms with Crippen molar-refractivity contribution in [2.24, 2.45) is 5.41 Å². The van der Waals surface area contributed by atoms with E-state index in [2.05, 4.69) is 36.1 Å². The number of anilines is 1. The Balaban J connectivity index is 1.49. The van der Waals surface area contributed by atoms with Gasteiger partial charge in [-0.25, -0.2) is 13.8 Å². The Morgan fingerprint density at radius 2 is 1.77 bits per heavy atom. The van der Waals surface area contributed by atoms with Gasteiger partial charge < -0.3 is 10.2 Å². The smallest absolute Gasteiger partial charge is 0.253 e. The lowest BCUT2D eigenvalue weighted by atomic mass is 9.97. The maximum atomic E-state index is 13.4. The van der Waals surface area contributed by atoms with E-state index in [9.17, 15) is 18.4 Å². The number of fused-ring (bicyclic) bond motifs is 1. The third-order valence-electron chi connectivity index (χ3n) is 6.14. The fourth-order valence-electron chi connectivity index (χ4n) is 4.18. The van der Waals surface area contributed by atoms with Crippen molar-refractivity contribution in [1.82, 2.24) is 19.4 Å². The van der Waals surface area contributed by atoms with Crippen LogP contribution in [0.1, 0.15) is 62.5 Å². The summed E-state index contributed by atoms with van der Waals surface area (Å²) in [4.78, 5) is 35.7. The van der Waals surface area contributed by atoms with Crippen LogP contribution in [0, 0.1) is 5.41 Å². The van der Waals surface area contributed by atoms with Gasteiger partial charge in [-0.05, 0) is 36.1 Å². The Morgan fingerprint density at radius 1 is 1.11 bits per heavy atom. The molecule has 1 amide bonds. The quantitative estimate of drug-likeness (QED) is 0.559. The van der Waals surface area contributed by atoms with E-state index in [-0.39, 0.29) is 48.9 Å². The molecule has 0 saturated carbocycles. The molecule has 1 unspecified atom stereocenters. The van der Waals surface area contributed by atoms with Gasteiger partial charge in [-0.2, -0.15) is 4.98 Å². The number of pyridine rings is 1. The molecule has 1 aliphatic heterocycles. The molecule has 9 heteroatoms. The van der Waals surface area contributed by atoms with Gasteiger partial charge >= 0.3 is 0 Å². The summed E-state index contributed by atoms with van der Waals surface area (Å²) in [6.45, 7) is 8.79. The van der Waals surface area contributed by atoms with Crippen molar-refractivity contribution in [3.05, 3.63) is 64.1 Å². The lowest BCUT2D eigenvalue weighted by molar-refractivity contribution is -0.0494. The number of aromatic nitrogens is 3. The Morgan fingerprint density at radius 3 is 2.40 bits per heavy atom. The van der Waals surface area contributed by atoms with Crippen LogP contribution in [0.2, 0.25) is 0 Å². The Kier molecular flexibility index (Phi) is 6.62. The highest BCUT2D eigenvalue weighted by Gasteiger charge is 2.35. The largest absolute Gasteiger partial charge is 0.348 e. The second kappa shape index (κ2) is 9.36. The molecule has 3 heterocycles. The van der Waals surface area contributed by atoms with Gasteiger partial charge in [0.05, 0.1) is 6.04 Å². The predicted molar refractivity (Wildman–Crippen MR) is 132 cm³/mol. The van der Waals surface area contributed by atoms with E-state index < -0.39 is 5.92 Å². The van der Waals surface area contributed by atoms with E-state index in [1.54, 1.807) is 29.0 Å². The topological polar surface area (TPSA) is 80.1 Å². The molecular weight excluding hydrogens is 452 g/mol. The van der Waals surface area contributed by atoms with Gasteiger partial charge in [0.1, 0.15) is 5.65 Å². The molecule has 1 aromatic carbocycles. The van der Waals surface area contributed by atoms with Crippen LogP contribution in [0.15, 0.2) is 47.4 Å². The number of likely N-dealkylation sites (tertiary alicyclic amines) is 1. The van der Waals surface area contributed by atoms with Gasteiger partial charge in [-0.15, -0.1) is 0 Å². The summed E-state index contributed by atoms with van der Waals surface area (Å²) in [5, 5.41) is 4.05. The molecule has 35 heavy (non-hydrogen) atoms. The van der Waals surface area contributed by atoms with Crippen LogP contribution in [0.25, 0.3) is 11.0 Å². The molecule has 0 bridgehead atoms. The minimum absolute atomic E-state index is 0.0606. The minimum Gasteiger partial charge on any atom is -0.348 e.